The summed E-state index contributed by atoms with van der Waals surface area (Å²) in [5.74, 6) is 0.882. The lowest BCUT2D eigenvalue weighted by atomic mass is 10.1. The van der Waals surface area contributed by atoms with E-state index < -0.39 is 0 Å². The Morgan fingerprint density at radius 3 is 2.75 bits per heavy atom. The van der Waals surface area contributed by atoms with Gasteiger partial charge in [-0.1, -0.05) is 36.7 Å². The Kier molecular flexibility index (Phi) is 6.43. The Morgan fingerprint density at radius 2 is 2.15 bits per heavy atom. The summed E-state index contributed by atoms with van der Waals surface area (Å²) >= 11 is 13.4. The van der Waals surface area contributed by atoms with E-state index >= 15 is 0 Å². The molecule has 0 saturated carbocycles. The van der Waals surface area contributed by atoms with Crippen LogP contribution in [-0.4, -0.2) is 6.04 Å². The summed E-state index contributed by atoms with van der Waals surface area (Å²) < 4.78 is 1.13. The summed E-state index contributed by atoms with van der Waals surface area (Å²) in [6, 6.07) is 10.3. The molecule has 0 saturated heterocycles. The van der Waals surface area contributed by atoms with Crippen LogP contribution in [0.2, 0.25) is 5.02 Å². The molecule has 1 heterocycles. The highest BCUT2D eigenvalue weighted by Crippen LogP contribution is 2.39. The molecule has 1 aromatic heterocycles. The van der Waals surface area contributed by atoms with Gasteiger partial charge in [0.05, 0.1) is 5.25 Å². The van der Waals surface area contributed by atoms with Gasteiger partial charge >= 0.3 is 0 Å². The Morgan fingerprint density at radius 1 is 1.40 bits per heavy atom. The van der Waals surface area contributed by atoms with Gasteiger partial charge in [-0.3, -0.25) is 0 Å². The highest BCUT2D eigenvalue weighted by molar-refractivity contribution is 9.10. The molecule has 5 heteroatoms. The number of thiophene rings is 1. The zero-order valence-corrected chi connectivity index (χ0v) is 15.2. The van der Waals surface area contributed by atoms with Crippen LogP contribution in [0.5, 0.6) is 0 Å². The lowest BCUT2D eigenvalue weighted by Gasteiger charge is -2.21. The molecule has 20 heavy (non-hydrogen) atoms. The van der Waals surface area contributed by atoms with E-state index in [1.54, 1.807) is 11.3 Å². The van der Waals surface area contributed by atoms with Gasteiger partial charge in [0.1, 0.15) is 0 Å². The summed E-state index contributed by atoms with van der Waals surface area (Å²) in [4.78, 5) is 1.32. The number of hydrogen-bond donors (Lipinski definition) is 1. The largest absolute Gasteiger partial charge is 0.326 e. The van der Waals surface area contributed by atoms with Crippen molar-refractivity contribution in [2.24, 2.45) is 5.73 Å². The van der Waals surface area contributed by atoms with Crippen molar-refractivity contribution < 1.29 is 0 Å². The van der Waals surface area contributed by atoms with Gasteiger partial charge < -0.3 is 5.73 Å². The van der Waals surface area contributed by atoms with Crippen molar-refractivity contribution in [3.63, 3.8) is 0 Å². The Hall–Kier alpha value is -0.0000000000000000833. The SMILES string of the molecule is CCC(N)C(SCc1ccccc1Cl)c1cc(Br)cs1. The Bertz CT molecular complexity index is 558. The minimum atomic E-state index is 0.160. The minimum absolute atomic E-state index is 0.160. The molecule has 0 aliphatic carbocycles. The van der Waals surface area contributed by atoms with Crippen molar-refractivity contribution in [1.29, 1.82) is 0 Å². The molecule has 0 aliphatic rings. The smallest absolute Gasteiger partial charge is 0.0545 e. The van der Waals surface area contributed by atoms with Gasteiger partial charge in [0.25, 0.3) is 0 Å². The zero-order valence-electron chi connectivity index (χ0n) is 11.2. The maximum absolute atomic E-state index is 6.30. The van der Waals surface area contributed by atoms with E-state index in [1.807, 2.05) is 30.0 Å². The summed E-state index contributed by atoms with van der Waals surface area (Å²) in [5, 5.41) is 3.25. The van der Waals surface area contributed by atoms with Crippen molar-refractivity contribution >= 4 is 50.6 Å². The number of halogens is 2. The predicted octanol–water partition coefficient (Wildman–Crippen LogP) is 5.88. The third kappa shape index (κ3) is 4.25. The van der Waals surface area contributed by atoms with Crippen molar-refractivity contribution in [3.05, 3.63) is 55.6 Å². The monoisotopic (exact) mass is 389 g/mol. The van der Waals surface area contributed by atoms with Crippen LogP contribution < -0.4 is 5.73 Å². The van der Waals surface area contributed by atoms with Crippen molar-refractivity contribution in [1.82, 2.24) is 0 Å². The van der Waals surface area contributed by atoms with Crippen LogP contribution in [-0.2, 0) is 5.75 Å². The molecule has 2 atom stereocenters. The van der Waals surface area contributed by atoms with E-state index in [2.05, 4.69) is 40.4 Å². The first kappa shape index (κ1) is 16.4. The van der Waals surface area contributed by atoms with E-state index in [1.165, 1.54) is 10.4 Å². The third-order valence-corrected chi connectivity index (χ3v) is 6.84. The summed E-state index contributed by atoms with van der Waals surface area (Å²) in [6.07, 6.45) is 0.968. The van der Waals surface area contributed by atoms with Crippen LogP contribution in [0.1, 0.15) is 29.0 Å². The first-order valence-electron chi connectivity index (χ1n) is 6.46. The van der Waals surface area contributed by atoms with E-state index in [9.17, 15) is 0 Å². The Balaban J connectivity index is 2.11. The molecule has 0 bridgehead atoms. The molecular weight excluding hydrogens is 374 g/mol. The van der Waals surface area contributed by atoms with Crippen LogP contribution in [0.25, 0.3) is 0 Å². The molecule has 0 fully saturated rings. The quantitative estimate of drug-likeness (QED) is 0.667. The van der Waals surface area contributed by atoms with Crippen molar-refractivity contribution in [2.45, 2.75) is 30.4 Å². The van der Waals surface area contributed by atoms with Gasteiger partial charge in [0.2, 0.25) is 0 Å². The van der Waals surface area contributed by atoms with Gasteiger partial charge in [-0.05, 0) is 40.0 Å². The average Bonchev–Trinajstić information content (AvgIpc) is 2.87. The lowest BCUT2D eigenvalue weighted by molar-refractivity contribution is 0.639. The van der Waals surface area contributed by atoms with Gasteiger partial charge in [-0.2, -0.15) is 0 Å². The van der Waals surface area contributed by atoms with Gasteiger partial charge in [0, 0.05) is 31.5 Å². The number of hydrogen-bond acceptors (Lipinski definition) is 3. The zero-order chi connectivity index (χ0) is 14.5. The maximum atomic E-state index is 6.30. The van der Waals surface area contributed by atoms with Crippen molar-refractivity contribution in [3.8, 4) is 0 Å². The fraction of sp³-hybridized carbons (Fsp3) is 0.333. The first-order valence-corrected chi connectivity index (χ1v) is 9.56. The second kappa shape index (κ2) is 7.85. The number of rotatable bonds is 6. The molecule has 0 radical (unpaired) electrons. The molecule has 2 N–H and O–H groups in total. The highest BCUT2D eigenvalue weighted by Gasteiger charge is 2.21. The van der Waals surface area contributed by atoms with Crippen LogP contribution in [0.15, 0.2) is 40.2 Å². The number of benzene rings is 1. The van der Waals surface area contributed by atoms with Crippen LogP contribution in [0.3, 0.4) is 0 Å². The summed E-state index contributed by atoms with van der Waals surface area (Å²) in [6.45, 7) is 2.14. The molecule has 1 aromatic carbocycles. The number of nitrogens with two attached hydrogens (primary N) is 1. The van der Waals surface area contributed by atoms with E-state index in [4.69, 9.17) is 17.3 Å². The fourth-order valence-electron chi connectivity index (χ4n) is 1.90. The fourth-order valence-corrected chi connectivity index (χ4v) is 5.34. The summed E-state index contributed by atoms with van der Waals surface area (Å²) in [7, 11) is 0. The maximum Gasteiger partial charge on any atom is 0.0545 e. The van der Waals surface area contributed by atoms with E-state index in [-0.39, 0.29) is 6.04 Å². The molecule has 1 nitrogen and oxygen atoms in total. The molecule has 108 valence electrons. The van der Waals surface area contributed by atoms with Crippen LogP contribution in [0.4, 0.5) is 0 Å². The summed E-state index contributed by atoms with van der Waals surface area (Å²) in [5.41, 5.74) is 7.47. The number of thioether (sulfide) groups is 1. The van der Waals surface area contributed by atoms with Gasteiger partial charge in [-0.15, -0.1) is 23.1 Å². The molecule has 2 unspecified atom stereocenters. The standard InChI is InChI=1S/C15H17BrClNS2/c1-2-13(18)15(14-7-11(16)9-19-14)20-8-10-5-3-4-6-12(10)17/h3-7,9,13,15H,2,8,18H2,1H3. The predicted molar refractivity (Wildman–Crippen MR) is 95.8 cm³/mol. The van der Waals surface area contributed by atoms with Gasteiger partial charge in [0.15, 0.2) is 0 Å². The Labute approximate surface area is 142 Å². The molecular formula is C15H17BrClNS2. The van der Waals surface area contributed by atoms with Crippen LogP contribution >= 0.6 is 50.6 Å². The molecule has 2 aromatic rings. The van der Waals surface area contributed by atoms with Crippen LogP contribution in [0, 0.1) is 0 Å². The molecule has 0 amide bonds. The highest BCUT2D eigenvalue weighted by atomic mass is 79.9. The molecule has 0 spiro atoms. The van der Waals surface area contributed by atoms with E-state index in [0.717, 1.165) is 21.7 Å². The van der Waals surface area contributed by atoms with Crippen molar-refractivity contribution in [2.75, 3.05) is 0 Å². The van der Waals surface area contributed by atoms with E-state index in [0.29, 0.717) is 5.25 Å². The second-order valence-corrected chi connectivity index (χ2v) is 7.96. The second-order valence-electron chi connectivity index (χ2n) is 4.56. The normalized spacial score (nSPS) is 14.2. The van der Waals surface area contributed by atoms with Gasteiger partial charge in [-0.25, -0.2) is 0 Å². The lowest BCUT2D eigenvalue weighted by Crippen LogP contribution is -2.25. The molecule has 0 aliphatic heterocycles. The molecule has 2 rings (SSSR count). The third-order valence-electron chi connectivity index (χ3n) is 3.10. The minimum Gasteiger partial charge on any atom is -0.326 e. The topological polar surface area (TPSA) is 26.0 Å². The first-order chi connectivity index (χ1) is 9.61. The average molecular weight is 391 g/mol.